The summed E-state index contributed by atoms with van der Waals surface area (Å²) in [5, 5.41) is 0. The van der Waals surface area contributed by atoms with Gasteiger partial charge in [0.1, 0.15) is 11.5 Å². The molecule has 24 heavy (non-hydrogen) atoms. The van der Waals surface area contributed by atoms with Crippen molar-refractivity contribution >= 4 is 11.9 Å². The van der Waals surface area contributed by atoms with Crippen LogP contribution >= 0.6 is 0 Å². The summed E-state index contributed by atoms with van der Waals surface area (Å²) in [6, 6.07) is 17.8. The molecule has 0 bridgehead atoms. The van der Waals surface area contributed by atoms with E-state index in [-0.39, 0.29) is 5.97 Å². The largest absolute Gasteiger partial charge is 0.426 e. The van der Waals surface area contributed by atoms with Gasteiger partial charge in [-0.2, -0.15) is 0 Å². The van der Waals surface area contributed by atoms with Crippen LogP contribution in [0.1, 0.15) is 6.42 Å². The fourth-order valence-electron chi connectivity index (χ4n) is 2.28. The molecule has 0 heterocycles. The smallest absolute Gasteiger partial charge is 0.343 e. The highest BCUT2D eigenvalue weighted by atomic mass is 16.5. The number of rotatable bonds is 4. The quantitative estimate of drug-likeness (QED) is 0.637. The second-order valence-electron chi connectivity index (χ2n) is 5.30. The molecule has 4 heteroatoms. The van der Waals surface area contributed by atoms with Gasteiger partial charge in [-0.3, -0.25) is 4.79 Å². The van der Waals surface area contributed by atoms with Crippen LogP contribution in [-0.4, -0.2) is 11.9 Å². The van der Waals surface area contributed by atoms with Gasteiger partial charge in [0.2, 0.25) is 0 Å². The van der Waals surface area contributed by atoms with Crippen LogP contribution in [0.2, 0.25) is 0 Å². The number of benzene rings is 2. The van der Waals surface area contributed by atoms with Gasteiger partial charge >= 0.3 is 11.9 Å². The van der Waals surface area contributed by atoms with Crippen molar-refractivity contribution in [2.24, 2.45) is 5.92 Å². The summed E-state index contributed by atoms with van der Waals surface area (Å²) in [7, 11) is 0. The topological polar surface area (TPSA) is 52.6 Å². The molecule has 1 unspecified atom stereocenters. The highest BCUT2D eigenvalue weighted by Gasteiger charge is 2.22. The van der Waals surface area contributed by atoms with Crippen LogP contribution in [0.4, 0.5) is 0 Å². The predicted octanol–water partition coefficient (Wildman–Crippen LogP) is 3.70. The molecule has 0 aliphatic heterocycles. The minimum atomic E-state index is -0.438. The molecule has 0 spiro atoms. The van der Waals surface area contributed by atoms with Crippen LogP contribution < -0.4 is 9.47 Å². The van der Waals surface area contributed by atoms with Gasteiger partial charge in [0, 0.05) is 0 Å². The molecule has 2 aromatic carbocycles. The van der Waals surface area contributed by atoms with Gasteiger partial charge in [-0.25, -0.2) is 4.79 Å². The fourth-order valence-corrected chi connectivity index (χ4v) is 2.28. The number of ether oxygens (including phenoxy) is 2. The number of para-hydroxylation sites is 2. The highest BCUT2D eigenvalue weighted by Crippen LogP contribution is 2.21. The van der Waals surface area contributed by atoms with Crippen LogP contribution in [-0.2, 0) is 9.59 Å². The molecule has 0 saturated carbocycles. The van der Waals surface area contributed by atoms with E-state index in [4.69, 9.17) is 9.47 Å². The molecule has 0 radical (unpaired) electrons. The summed E-state index contributed by atoms with van der Waals surface area (Å²) in [6.45, 7) is 0. The monoisotopic (exact) mass is 320 g/mol. The molecule has 120 valence electrons. The van der Waals surface area contributed by atoms with Crippen molar-refractivity contribution in [3.05, 3.63) is 84.5 Å². The van der Waals surface area contributed by atoms with Crippen LogP contribution in [0.25, 0.3) is 0 Å². The van der Waals surface area contributed by atoms with Crippen molar-refractivity contribution < 1.29 is 19.1 Å². The van der Waals surface area contributed by atoms with Crippen LogP contribution in [0.5, 0.6) is 11.5 Å². The van der Waals surface area contributed by atoms with E-state index in [0.29, 0.717) is 23.5 Å². The van der Waals surface area contributed by atoms with Gasteiger partial charge in [0.15, 0.2) is 0 Å². The first kappa shape index (κ1) is 15.7. The Bertz CT molecular complexity index is 776. The third kappa shape index (κ3) is 3.98. The lowest BCUT2D eigenvalue weighted by Crippen LogP contribution is -2.21. The van der Waals surface area contributed by atoms with E-state index >= 15 is 0 Å². The highest BCUT2D eigenvalue weighted by molar-refractivity contribution is 5.94. The molecule has 0 amide bonds. The molecule has 1 aliphatic rings. The van der Waals surface area contributed by atoms with Gasteiger partial charge in [0.25, 0.3) is 0 Å². The van der Waals surface area contributed by atoms with Crippen molar-refractivity contribution in [3.8, 4) is 11.5 Å². The fraction of sp³-hybridized carbons (Fsp3) is 0.100. The first-order chi connectivity index (χ1) is 11.7. The lowest BCUT2D eigenvalue weighted by atomic mass is 9.97. The Labute approximate surface area is 140 Å². The number of carbonyl (C=O) groups excluding carboxylic acids is 2. The molecule has 0 fully saturated rings. The summed E-state index contributed by atoms with van der Waals surface area (Å²) in [4.78, 5) is 24.2. The summed E-state index contributed by atoms with van der Waals surface area (Å²) < 4.78 is 10.6. The minimum absolute atomic E-state index is 0.343. The Balaban J connectivity index is 1.57. The summed E-state index contributed by atoms with van der Waals surface area (Å²) in [6.07, 6.45) is 5.38. The molecule has 3 rings (SSSR count). The zero-order chi connectivity index (χ0) is 16.8. The molecule has 0 aromatic heterocycles. The van der Waals surface area contributed by atoms with E-state index in [1.807, 2.05) is 12.1 Å². The van der Waals surface area contributed by atoms with Crippen molar-refractivity contribution in [2.45, 2.75) is 6.42 Å². The van der Waals surface area contributed by atoms with E-state index in [2.05, 4.69) is 0 Å². The maximum absolute atomic E-state index is 12.1. The lowest BCUT2D eigenvalue weighted by molar-refractivity contribution is -0.137. The molecule has 0 saturated heterocycles. The molecule has 1 aliphatic carbocycles. The first-order valence-electron chi connectivity index (χ1n) is 7.65. The van der Waals surface area contributed by atoms with Crippen LogP contribution in [0.15, 0.2) is 84.5 Å². The van der Waals surface area contributed by atoms with Gasteiger partial charge < -0.3 is 9.47 Å². The number of hydrogen-bond donors (Lipinski definition) is 0. The summed E-state index contributed by atoms with van der Waals surface area (Å²) in [5.41, 5.74) is 0.433. The third-order valence-electron chi connectivity index (χ3n) is 3.55. The predicted molar refractivity (Wildman–Crippen MR) is 89.5 cm³/mol. The Morgan fingerprint density at radius 2 is 1.42 bits per heavy atom. The summed E-state index contributed by atoms with van der Waals surface area (Å²) in [5.74, 6) is -0.188. The van der Waals surface area contributed by atoms with Crippen LogP contribution in [0, 0.1) is 5.92 Å². The first-order valence-corrected chi connectivity index (χ1v) is 7.65. The number of allylic oxidation sites excluding steroid dienone is 1. The standard InChI is InChI=1S/C20H16O4/c21-19(23-17-7-3-1-4-8-17)15-11-13-16(14-12-15)20(22)24-18-9-5-2-6-10-18/h1-13,16H,14H2. The second-order valence-corrected chi connectivity index (χ2v) is 5.30. The average Bonchev–Trinajstić information content (AvgIpc) is 2.63. The van der Waals surface area contributed by atoms with Gasteiger partial charge in [-0.1, -0.05) is 54.6 Å². The Kier molecular flexibility index (Phi) is 4.87. The van der Waals surface area contributed by atoms with E-state index in [1.165, 1.54) is 0 Å². The van der Waals surface area contributed by atoms with Crippen LogP contribution in [0.3, 0.4) is 0 Å². The van der Waals surface area contributed by atoms with Crippen molar-refractivity contribution in [3.63, 3.8) is 0 Å². The second kappa shape index (κ2) is 7.42. The maximum Gasteiger partial charge on any atom is 0.343 e. The summed E-state index contributed by atoms with van der Waals surface area (Å²) >= 11 is 0. The van der Waals surface area contributed by atoms with E-state index < -0.39 is 11.9 Å². The van der Waals surface area contributed by atoms with Gasteiger partial charge in [0.05, 0.1) is 11.5 Å². The maximum atomic E-state index is 12.1. The van der Waals surface area contributed by atoms with Crippen molar-refractivity contribution in [1.82, 2.24) is 0 Å². The molecule has 0 N–H and O–H groups in total. The van der Waals surface area contributed by atoms with Crippen molar-refractivity contribution in [1.29, 1.82) is 0 Å². The Morgan fingerprint density at radius 1 is 0.833 bits per heavy atom. The normalized spacial score (nSPS) is 16.2. The molecular formula is C20H16O4. The number of carbonyl (C=O) groups is 2. The van der Waals surface area contributed by atoms with Gasteiger partial charge in [-0.05, 0) is 30.7 Å². The van der Waals surface area contributed by atoms with E-state index in [9.17, 15) is 9.59 Å². The molecule has 1 atom stereocenters. The zero-order valence-corrected chi connectivity index (χ0v) is 12.9. The number of esters is 2. The average molecular weight is 320 g/mol. The number of hydrogen-bond acceptors (Lipinski definition) is 4. The lowest BCUT2D eigenvalue weighted by Gasteiger charge is -2.15. The van der Waals surface area contributed by atoms with E-state index in [1.54, 1.807) is 66.8 Å². The van der Waals surface area contributed by atoms with Crippen molar-refractivity contribution in [2.75, 3.05) is 0 Å². The molecule has 2 aromatic rings. The Morgan fingerprint density at radius 3 is 1.96 bits per heavy atom. The molecular weight excluding hydrogens is 304 g/mol. The SMILES string of the molecule is O=C(Oc1ccccc1)C1=CCC(C(=O)Oc2ccccc2)C=C1. The Hall–Kier alpha value is -3.14. The minimum Gasteiger partial charge on any atom is -0.426 e. The zero-order valence-electron chi connectivity index (χ0n) is 12.9. The van der Waals surface area contributed by atoms with E-state index in [0.717, 1.165) is 0 Å². The molecule has 4 nitrogen and oxygen atoms in total. The third-order valence-corrected chi connectivity index (χ3v) is 3.55. The van der Waals surface area contributed by atoms with Gasteiger partial charge in [-0.15, -0.1) is 0 Å².